The van der Waals surface area contributed by atoms with E-state index in [1.54, 1.807) is 4.88 Å². The normalized spacial score (nSPS) is 19.5. The van der Waals surface area contributed by atoms with Gasteiger partial charge in [-0.2, -0.15) is 0 Å². The summed E-state index contributed by atoms with van der Waals surface area (Å²) in [6, 6.07) is 2.45. The Bertz CT molecular complexity index is 736. The minimum absolute atomic E-state index is 0.722. The fourth-order valence-corrected chi connectivity index (χ4v) is 8.52. The molecule has 0 aliphatic heterocycles. The minimum atomic E-state index is 0.722. The number of rotatable bonds is 15. The van der Waals surface area contributed by atoms with Crippen molar-refractivity contribution < 1.29 is 0 Å². The molecule has 176 valence electrons. The van der Waals surface area contributed by atoms with Gasteiger partial charge in [0.25, 0.3) is 0 Å². The van der Waals surface area contributed by atoms with Gasteiger partial charge in [-0.05, 0) is 56.4 Å². The van der Waals surface area contributed by atoms with E-state index in [2.05, 4.69) is 19.9 Å². The molecule has 0 radical (unpaired) electrons. The molecule has 3 heteroatoms. The van der Waals surface area contributed by atoms with Crippen LogP contribution in [0.3, 0.4) is 0 Å². The molecule has 0 N–H and O–H groups in total. The highest BCUT2D eigenvalue weighted by molar-refractivity contribution is 7.28. The highest BCUT2D eigenvalue weighted by atomic mass is 35.5. The van der Waals surface area contributed by atoms with Gasteiger partial charge in [-0.3, -0.25) is 0 Å². The van der Waals surface area contributed by atoms with Crippen LogP contribution in [-0.2, 0) is 6.42 Å². The van der Waals surface area contributed by atoms with Crippen LogP contribution in [0.25, 0.3) is 9.40 Å². The summed E-state index contributed by atoms with van der Waals surface area (Å²) in [6.45, 7) is 4.59. The molecule has 0 aromatic carbocycles. The lowest BCUT2D eigenvalue weighted by Crippen LogP contribution is -2.12. The zero-order valence-corrected chi connectivity index (χ0v) is 22.5. The van der Waals surface area contributed by atoms with Crippen molar-refractivity contribution in [2.45, 2.75) is 135 Å². The summed E-state index contributed by atoms with van der Waals surface area (Å²) in [5.74, 6) is 1.70. The highest BCUT2D eigenvalue weighted by Crippen LogP contribution is 2.48. The quantitative estimate of drug-likeness (QED) is 0.222. The van der Waals surface area contributed by atoms with E-state index >= 15 is 0 Å². The first kappa shape index (κ1) is 25.6. The smallest absolute Gasteiger partial charge is 0.0726 e. The molecule has 31 heavy (non-hydrogen) atoms. The molecule has 1 aliphatic carbocycles. The van der Waals surface area contributed by atoms with Gasteiger partial charge in [0.15, 0.2) is 0 Å². The third kappa shape index (κ3) is 8.04. The molecule has 0 atom stereocenters. The molecule has 0 nitrogen and oxygen atoms in total. The Morgan fingerprint density at radius 2 is 1.39 bits per heavy atom. The van der Waals surface area contributed by atoms with E-state index in [0.29, 0.717) is 0 Å². The van der Waals surface area contributed by atoms with Crippen molar-refractivity contribution in [2.24, 2.45) is 5.92 Å². The van der Waals surface area contributed by atoms with Gasteiger partial charge in [0, 0.05) is 14.5 Å². The van der Waals surface area contributed by atoms with E-state index in [4.69, 9.17) is 11.6 Å². The molecular weight excluding hydrogens is 436 g/mol. The monoisotopic (exact) mass is 480 g/mol. The van der Waals surface area contributed by atoms with Gasteiger partial charge in [-0.15, -0.1) is 22.7 Å². The third-order valence-electron chi connectivity index (χ3n) is 7.34. The summed E-state index contributed by atoms with van der Waals surface area (Å²) < 4.78 is 2.84. The molecular formula is C28H45ClS2. The number of aryl methyl sites for hydroxylation is 1. The van der Waals surface area contributed by atoms with Crippen LogP contribution >= 0.6 is 34.3 Å². The Morgan fingerprint density at radius 3 is 2.03 bits per heavy atom. The fourth-order valence-electron chi connectivity index (χ4n) is 5.32. The fraction of sp³-hybridized carbons (Fsp3) is 0.786. The lowest BCUT2D eigenvalue weighted by molar-refractivity contribution is 0.303. The van der Waals surface area contributed by atoms with Crippen molar-refractivity contribution >= 4 is 43.7 Å². The summed E-state index contributed by atoms with van der Waals surface area (Å²) in [4.78, 5) is 3.05. The Labute approximate surface area is 205 Å². The molecule has 1 fully saturated rings. The van der Waals surface area contributed by atoms with Crippen molar-refractivity contribution in [3.63, 3.8) is 0 Å². The largest absolute Gasteiger partial charge is 0.138 e. The van der Waals surface area contributed by atoms with Crippen molar-refractivity contribution in [3.05, 3.63) is 20.8 Å². The number of unbranched alkanes of at least 4 members (excludes halogenated alkanes) is 10. The molecule has 0 amide bonds. The second-order valence-electron chi connectivity index (χ2n) is 9.98. The van der Waals surface area contributed by atoms with E-state index in [0.717, 1.165) is 16.9 Å². The van der Waals surface area contributed by atoms with Gasteiger partial charge in [0.05, 0.1) is 9.72 Å². The van der Waals surface area contributed by atoms with Crippen molar-refractivity contribution in [3.8, 4) is 0 Å². The summed E-state index contributed by atoms with van der Waals surface area (Å²) in [5.41, 5.74) is 0. The lowest BCUT2D eigenvalue weighted by atomic mass is 9.79. The van der Waals surface area contributed by atoms with Crippen LogP contribution in [0.5, 0.6) is 0 Å². The Kier molecular flexibility index (Phi) is 11.8. The van der Waals surface area contributed by atoms with Gasteiger partial charge >= 0.3 is 0 Å². The van der Waals surface area contributed by atoms with Gasteiger partial charge < -0.3 is 0 Å². The number of fused-ring (bicyclic) bond motifs is 1. The van der Waals surface area contributed by atoms with E-state index in [9.17, 15) is 0 Å². The van der Waals surface area contributed by atoms with Crippen LogP contribution in [0.4, 0.5) is 0 Å². The van der Waals surface area contributed by atoms with Crippen LogP contribution in [-0.4, -0.2) is 0 Å². The van der Waals surface area contributed by atoms with Crippen LogP contribution < -0.4 is 0 Å². The Morgan fingerprint density at radius 1 is 0.774 bits per heavy atom. The number of halogens is 1. The zero-order valence-electron chi connectivity index (χ0n) is 20.2. The van der Waals surface area contributed by atoms with Crippen LogP contribution in [0, 0.1) is 5.92 Å². The number of hydrogen-bond donors (Lipinski definition) is 0. The molecule has 2 heterocycles. The van der Waals surface area contributed by atoms with Gasteiger partial charge in [0.2, 0.25) is 0 Å². The first-order valence-corrected chi connectivity index (χ1v) is 15.4. The average molecular weight is 481 g/mol. The maximum atomic E-state index is 6.92. The summed E-state index contributed by atoms with van der Waals surface area (Å²) in [7, 11) is 0. The van der Waals surface area contributed by atoms with Gasteiger partial charge in [-0.25, -0.2) is 0 Å². The van der Waals surface area contributed by atoms with Gasteiger partial charge in [-0.1, -0.05) is 102 Å². The van der Waals surface area contributed by atoms with E-state index in [-0.39, 0.29) is 0 Å². The first-order chi connectivity index (χ1) is 15.2. The summed E-state index contributed by atoms with van der Waals surface area (Å²) >= 11 is 10.9. The predicted molar refractivity (Wildman–Crippen MR) is 144 cm³/mol. The summed E-state index contributed by atoms with van der Waals surface area (Å²) in [5, 5.41) is 1.11. The second kappa shape index (κ2) is 14.3. The second-order valence-corrected chi connectivity index (χ2v) is 12.6. The van der Waals surface area contributed by atoms with Crippen LogP contribution in [0.1, 0.15) is 139 Å². The van der Waals surface area contributed by atoms with Crippen molar-refractivity contribution in [2.75, 3.05) is 0 Å². The number of thiophene rings is 2. The standard InChI is InChI=1S/C28H45ClS2/c1-3-5-7-9-10-12-13-15-22-17-19-23(20-18-22)27-26(29)28-25(31-27)21-24(30-28)16-14-11-8-6-4-2/h21-23H,3-20H2,1-2H3. The van der Waals surface area contributed by atoms with E-state index in [1.165, 1.54) is 130 Å². The van der Waals surface area contributed by atoms with E-state index < -0.39 is 0 Å². The Balaban J connectivity index is 1.39. The van der Waals surface area contributed by atoms with Crippen LogP contribution in [0.2, 0.25) is 5.02 Å². The molecule has 0 saturated heterocycles. The molecule has 0 unspecified atom stereocenters. The van der Waals surface area contributed by atoms with Crippen molar-refractivity contribution in [1.82, 2.24) is 0 Å². The molecule has 1 aliphatic rings. The first-order valence-electron chi connectivity index (χ1n) is 13.4. The third-order valence-corrected chi connectivity index (χ3v) is 10.6. The maximum Gasteiger partial charge on any atom is 0.0726 e. The summed E-state index contributed by atoms with van der Waals surface area (Å²) in [6.07, 6.45) is 25.1. The highest BCUT2D eigenvalue weighted by Gasteiger charge is 2.26. The predicted octanol–water partition coefficient (Wildman–Crippen LogP) is 11.5. The molecule has 2 aromatic rings. The molecule has 0 bridgehead atoms. The molecule has 3 rings (SSSR count). The maximum absolute atomic E-state index is 6.92. The molecule has 1 saturated carbocycles. The van der Waals surface area contributed by atoms with Crippen molar-refractivity contribution in [1.29, 1.82) is 0 Å². The molecule has 0 spiro atoms. The topological polar surface area (TPSA) is 0 Å². The lowest BCUT2D eigenvalue weighted by Gasteiger charge is -2.28. The number of hydrogen-bond acceptors (Lipinski definition) is 2. The van der Waals surface area contributed by atoms with E-state index in [1.807, 2.05) is 22.7 Å². The van der Waals surface area contributed by atoms with Crippen LogP contribution in [0.15, 0.2) is 6.07 Å². The molecule has 2 aromatic heterocycles. The SMILES string of the molecule is CCCCCCCCCC1CCC(c2sc3cc(CCCCCCC)sc3c2Cl)CC1. The Hall–Kier alpha value is -0.0500. The van der Waals surface area contributed by atoms with Gasteiger partial charge in [0.1, 0.15) is 0 Å². The average Bonchev–Trinajstić information content (AvgIpc) is 3.32. The zero-order chi connectivity index (χ0) is 21.9. The minimum Gasteiger partial charge on any atom is -0.138 e.